The number of anilines is 3. The van der Waals surface area contributed by atoms with Crippen LogP contribution in [0.2, 0.25) is 0 Å². The Morgan fingerprint density at radius 3 is 2.34 bits per heavy atom. The number of para-hydroxylation sites is 2. The van der Waals surface area contributed by atoms with E-state index in [-0.39, 0.29) is 24.3 Å². The number of benzene rings is 2. The van der Waals surface area contributed by atoms with Crippen LogP contribution in [-0.4, -0.2) is 44.2 Å². The number of nitrogens with one attached hydrogen (secondary N) is 2. The number of carbonyl (C=O) groups excluding carboxylic acids is 2. The Bertz CT molecular complexity index is 830. The van der Waals surface area contributed by atoms with Gasteiger partial charge in [0, 0.05) is 18.8 Å². The summed E-state index contributed by atoms with van der Waals surface area (Å²) in [5.74, 6) is 0.00214. The molecule has 0 bridgehead atoms. The number of hydrogen-bond acceptors (Lipinski definition) is 5. The lowest BCUT2D eigenvalue weighted by Crippen LogP contribution is -2.36. The molecule has 7 nitrogen and oxygen atoms in total. The molecule has 0 radical (unpaired) electrons. The fourth-order valence-corrected chi connectivity index (χ4v) is 3.09. The predicted octanol–water partition coefficient (Wildman–Crippen LogP) is 3.28. The SMILES string of the molecule is CC(C)Oc1ccc(NC(=O)CC(=O)Nc2ccccc2N2CCOCC2)cc1. The van der Waals surface area contributed by atoms with Gasteiger partial charge in [0.2, 0.25) is 11.8 Å². The Hall–Kier alpha value is -3.06. The minimum Gasteiger partial charge on any atom is -0.491 e. The maximum atomic E-state index is 12.4. The lowest BCUT2D eigenvalue weighted by molar-refractivity contribution is -0.123. The van der Waals surface area contributed by atoms with E-state index in [2.05, 4.69) is 15.5 Å². The zero-order valence-corrected chi connectivity index (χ0v) is 16.8. The second-order valence-corrected chi connectivity index (χ2v) is 7.08. The van der Waals surface area contributed by atoms with Gasteiger partial charge in [-0.15, -0.1) is 0 Å². The highest BCUT2D eigenvalue weighted by Gasteiger charge is 2.17. The molecule has 3 rings (SSSR count). The number of amides is 2. The van der Waals surface area contributed by atoms with Gasteiger partial charge in [-0.05, 0) is 50.2 Å². The van der Waals surface area contributed by atoms with Crippen LogP contribution >= 0.6 is 0 Å². The van der Waals surface area contributed by atoms with Crippen molar-refractivity contribution < 1.29 is 19.1 Å². The van der Waals surface area contributed by atoms with E-state index < -0.39 is 0 Å². The van der Waals surface area contributed by atoms with Gasteiger partial charge in [-0.2, -0.15) is 0 Å². The van der Waals surface area contributed by atoms with Crippen molar-refractivity contribution in [2.24, 2.45) is 0 Å². The van der Waals surface area contributed by atoms with Crippen LogP contribution in [0.1, 0.15) is 20.3 Å². The average molecular weight is 397 g/mol. The van der Waals surface area contributed by atoms with E-state index in [1.165, 1.54) is 0 Å². The molecule has 0 atom stereocenters. The number of ether oxygens (including phenoxy) is 2. The van der Waals surface area contributed by atoms with Gasteiger partial charge >= 0.3 is 0 Å². The molecule has 2 amide bonds. The molecule has 154 valence electrons. The van der Waals surface area contributed by atoms with Gasteiger partial charge in [0.1, 0.15) is 12.2 Å². The van der Waals surface area contributed by atoms with Crippen molar-refractivity contribution in [1.82, 2.24) is 0 Å². The minimum atomic E-state index is -0.371. The summed E-state index contributed by atoms with van der Waals surface area (Å²) in [6.07, 6.45) is -0.179. The summed E-state index contributed by atoms with van der Waals surface area (Å²) in [6, 6.07) is 14.7. The van der Waals surface area contributed by atoms with Gasteiger partial charge in [0.15, 0.2) is 0 Å². The van der Waals surface area contributed by atoms with Crippen LogP contribution < -0.4 is 20.3 Å². The van der Waals surface area contributed by atoms with Crippen LogP contribution in [0.15, 0.2) is 48.5 Å². The standard InChI is InChI=1S/C22H27N3O4/c1-16(2)29-18-9-7-17(8-10-18)23-21(26)15-22(27)24-19-5-3-4-6-20(19)25-11-13-28-14-12-25/h3-10,16H,11-15H2,1-2H3,(H,23,26)(H,24,27). The van der Waals surface area contributed by atoms with Crippen molar-refractivity contribution >= 4 is 28.9 Å². The molecule has 29 heavy (non-hydrogen) atoms. The summed E-state index contributed by atoms with van der Waals surface area (Å²) < 4.78 is 11.0. The van der Waals surface area contributed by atoms with Crippen molar-refractivity contribution in [3.63, 3.8) is 0 Å². The smallest absolute Gasteiger partial charge is 0.233 e. The van der Waals surface area contributed by atoms with E-state index in [1.807, 2.05) is 38.1 Å². The molecule has 0 unspecified atom stereocenters. The lowest BCUT2D eigenvalue weighted by atomic mass is 10.2. The second-order valence-electron chi connectivity index (χ2n) is 7.08. The molecule has 0 spiro atoms. The van der Waals surface area contributed by atoms with E-state index in [4.69, 9.17) is 9.47 Å². The van der Waals surface area contributed by atoms with Crippen LogP contribution in [0.4, 0.5) is 17.1 Å². The van der Waals surface area contributed by atoms with Crippen molar-refractivity contribution in [3.8, 4) is 5.75 Å². The zero-order chi connectivity index (χ0) is 20.6. The molecule has 2 aromatic carbocycles. The molecule has 1 aliphatic rings. The second kappa shape index (κ2) is 9.93. The van der Waals surface area contributed by atoms with Crippen molar-refractivity contribution in [2.75, 3.05) is 41.8 Å². The third-order valence-electron chi connectivity index (χ3n) is 4.36. The van der Waals surface area contributed by atoms with Crippen LogP contribution in [0, 0.1) is 0 Å². The van der Waals surface area contributed by atoms with Gasteiger partial charge in [-0.1, -0.05) is 12.1 Å². The first-order chi connectivity index (χ1) is 14.0. The molecule has 1 aliphatic heterocycles. The molecule has 0 aliphatic carbocycles. The first kappa shape index (κ1) is 20.7. The van der Waals surface area contributed by atoms with Crippen molar-refractivity contribution in [1.29, 1.82) is 0 Å². The highest BCUT2D eigenvalue weighted by Crippen LogP contribution is 2.26. The summed E-state index contributed by atoms with van der Waals surface area (Å²) in [4.78, 5) is 26.8. The fourth-order valence-electron chi connectivity index (χ4n) is 3.09. The summed E-state index contributed by atoms with van der Waals surface area (Å²) in [6.45, 7) is 6.75. The highest BCUT2D eigenvalue weighted by molar-refractivity contribution is 6.08. The molecule has 1 saturated heterocycles. The maximum absolute atomic E-state index is 12.4. The van der Waals surface area contributed by atoms with E-state index in [1.54, 1.807) is 24.3 Å². The molecule has 0 aromatic heterocycles. The number of carbonyl (C=O) groups is 2. The first-order valence-electron chi connectivity index (χ1n) is 9.79. The van der Waals surface area contributed by atoms with E-state index >= 15 is 0 Å². The molecular weight excluding hydrogens is 370 g/mol. The third kappa shape index (κ3) is 6.22. The van der Waals surface area contributed by atoms with E-state index in [0.29, 0.717) is 24.6 Å². The Labute approximate surface area is 171 Å². The summed E-state index contributed by atoms with van der Waals surface area (Å²) in [5.41, 5.74) is 2.25. The maximum Gasteiger partial charge on any atom is 0.233 e. The number of morpholine rings is 1. The topological polar surface area (TPSA) is 79.9 Å². The minimum absolute atomic E-state index is 0.0828. The van der Waals surface area contributed by atoms with Gasteiger partial charge in [0.25, 0.3) is 0 Å². The van der Waals surface area contributed by atoms with Gasteiger partial charge in [-0.25, -0.2) is 0 Å². The molecular formula is C22H27N3O4. The van der Waals surface area contributed by atoms with Crippen LogP contribution in [-0.2, 0) is 14.3 Å². The molecule has 7 heteroatoms. The van der Waals surface area contributed by atoms with E-state index in [0.717, 1.165) is 24.5 Å². The first-order valence-corrected chi connectivity index (χ1v) is 9.79. The van der Waals surface area contributed by atoms with E-state index in [9.17, 15) is 9.59 Å². The van der Waals surface area contributed by atoms with Gasteiger partial charge < -0.3 is 25.0 Å². The predicted molar refractivity (Wildman–Crippen MR) is 114 cm³/mol. The summed E-state index contributed by atoms with van der Waals surface area (Å²) in [7, 11) is 0. The number of rotatable bonds is 7. The number of hydrogen-bond donors (Lipinski definition) is 2. The average Bonchev–Trinajstić information content (AvgIpc) is 2.70. The monoisotopic (exact) mass is 397 g/mol. The summed E-state index contributed by atoms with van der Waals surface area (Å²) in [5, 5.41) is 5.59. The zero-order valence-electron chi connectivity index (χ0n) is 16.8. The van der Waals surface area contributed by atoms with Crippen LogP contribution in [0.5, 0.6) is 5.75 Å². The Balaban J connectivity index is 1.55. The summed E-state index contributed by atoms with van der Waals surface area (Å²) >= 11 is 0. The molecule has 1 fully saturated rings. The van der Waals surface area contributed by atoms with Crippen molar-refractivity contribution in [2.45, 2.75) is 26.4 Å². The van der Waals surface area contributed by atoms with Gasteiger partial charge in [0.05, 0.1) is 30.7 Å². The molecule has 1 heterocycles. The fraction of sp³-hybridized carbons (Fsp3) is 0.364. The van der Waals surface area contributed by atoms with Crippen LogP contribution in [0.25, 0.3) is 0 Å². The molecule has 0 saturated carbocycles. The normalized spacial score (nSPS) is 13.8. The number of nitrogens with zero attached hydrogens (tertiary/aromatic N) is 1. The van der Waals surface area contributed by atoms with Gasteiger partial charge in [-0.3, -0.25) is 9.59 Å². The third-order valence-corrected chi connectivity index (χ3v) is 4.36. The van der Waals surface area contributed by atoms with Crippen LogP contribution in [0.3, 0.4) is 0 Å². The quantitative estimate of drug-likeness (QED) is 0.701. The molecule has 2 aromatic rings. The largest absolute Gasteiger partial charge is 0.491 e. The Kier molecular flexibility index (Phi) is 7.08. The lowest BCUT2D eigenvalue weighted by Gasteiger charge is -2.30. The Morgan fingerprint density at radius 2 is 1.66 bits per heavy atom. The Morgan fingerprint density at radius 1 is 1.00 bits per heavy atom. The van der Waals surface area contributed by atoms with Crippen molar-refractivity contribution in [3.05, 3.63) is 48.5 Å². The molecule has 2 N–H and O–H groups in total. The highest BCUT2D eigenvalue weighted by atomic mass is 16.5.